The summed E-state index contributed by atoms with van der Waals surface area (Å²) in [6.07, 6.45) is 0. The zero-order chi connectivity index (χ0) is 26.5. The Morgan fingerprint density at radius 2 is 1.02 bits per heavy atom. The van der Waals surface area contributed by atoms with Gasteiger partial charge in [0.05, 0.1) is 5.69 Å². The number of rotatable bonds is 4. The van der Waals surface area contributed by atoms with Crippen LogP contribution in [-0.4, -0.2) is 0 Å². The van der Waals surface area contributed by atoms with E-state index in [1.54, 1.807) is 0 Å². The molecule has 0 aliphatic heterocycles. The van der Waals surface area contributed by atoms with E-state index in [1.807, 2.05) is 0 Å². The van der Waals surface area contributed by atoms with Gasteiger partial charge in [-0.2, -0.15) is 0 Å². The zero-order valence-corrected chi connectivity index (χ0v) is 21.8. The van der Waals surface area contributed by atoms with Gasteiger partial charge in [0.2, 0.25) is 0 Å². The second kappa shape index (κ2) is 9.14. The number of hydrogen-bond acceptors (Lipinski definition) is 2. The minimum atomic E-state index is 0.884. The van der Waals surface area contributed by atoms with Gasteiger partial charge < -0.3 is 9.32 Å². The van der Waals surface area contributed by atoms with E-state index in [4.69, 9.17) is 4.42 Å². The van der Waals surface area contributed by atoms with E-state index in [1.165, 1.54) is 27.3 Å². The molecule has 0 saturated heterocycles. The predicted octanol–water partition coefficient (Wildman–Crippen LogP) is 11.0. The summed E-state index contributed by atoms with van der Waals surface area (Å²) in [6.45, 7) is 0. The number of hydrogen-bond donors (Lipinski definition) is 0. The minimum Gasteiger partial charge on any atom is -0.455 e. The summed E-state index contributed by atoms with van der Waals surface area (Å²) < 4.78 is 6.57. The van der Waals surface area contributed by atoms with E-state index in [-0.39, 0.29) is 0 Å². The lowest BCUT2D eigenvalue weighted by Crippen LogP contribution is -2.10. The molecule has 0 spiro atoms. The standard InChI is InChI=1S/C38H25NO/c1-2-9-26(10-3-1)27-17-20-30(21-18-27)39(36-16-8-13-28-11-4-6-14-32(28)36)31-22-24-34-35-23-19-29-12-5-7-15-33(29)38(35)40-37(34)25-31/h1-25H. The molecule has 7 aromatic carbocycles. The van der Waals surface area contributed by atoms with Crippen molar-refractivity contribution in [1.29, 1.82) is 0 Å². The number of anilines is 3. The van der Waals surface area contributed by atoms with E-state index in [9.17, 15) is 0 Å². The van der Waals surface area contributed by atoms with E-state index >= 15 is 0 Å². The van der Waals surface area contributed by atoms with Crippen molar-refractivity contribution in [3.05, 3.63) is 152 Å². The van der Waals surface area contributed by atoms with Crippen molar-refractivity contribution in [3.63, 3.8) is 0 Å². The molecule has 2 heteroatoms. The van der Waals surface area contributed by atoms with Crippen molar-refractivity contribution >= 4 is 60.5 Å². The van der Waals surface area contributed by atoms with Crippen LogP contribution in [0.25, 0.3) is 54.6 Å². The predicted molar refractivity (Wildman–Crippen MR) is 169 cm³/mol. The van der Waals surface area contributed by atoms with E-state index in [2.05, 4.69) is 157 Å². The molecule has 0 fully saturated rings. The Hall–Kier alpha value is -5.34. The van der Waals surface area contributed by atoms with Crippen molar-refractivity contribution in [2.24, 2.45) is 0 Å². The van der Waals surface area contributed by atoms with Crippen LogP contribution >= 0.6 is 0 Å². The van der Waals surface area contributed by atoms with Gasteiger partial charge in [0.15, 0.2) is 0 Å². The highest BCUT2D eigenvalue weighted by molar-refractivity contribution is 6.15. The number of benzene rings is 7. The maximum absolute atomic E-state index is 6.57. The highest BCUT2D eigenvalue weighted by Gasteiger charge is 2.18. The first-order valence-corrected chi connectivity index (χ1v) is 13.6. The van der Waals surface area contributed by atoms with Crippen molar-refractivity contribution in [2.75, 3.05) is 4.90 Å². The Balaban J connectivity index is 1.34. The third-order valence-electron chi connectivity index (χ3n) is 7.85. The summed E-state index contributed by atoms with van der Waals surface area (Å²) in [5, 5.41) is 7.01. The molecule has 40 heavy (non-hydrogen) atoms. The van der Waals surface area contributed by atoms with E-state index in [0.717, 1.165) is 44.4 Å². The first-order chi connectivity index (χ1) is 19.8. The molecule has 0 radical (unpaired) electrons. The Morgan fingerprint density at radius 3 is 1.85 bits per heavy atom. The van der Waals surface area contributed by atoms with Crippen molar-refractivity contribution < 1.29 is 4.42 Å². The number of fused-ring (bicyclic) bond motifs is 6. The summed E-state index contributed by atoms with van der Waals surface area (Å²) in [5.74, 6) is 0. The fourth-order valence-electron chi connectivity index (χ4n) is 5.90. The third-order valence-corrected chi connectivity index (χ3v) is 7.85. The molecule has 0 bridgehead atoms. The van der Waals surface area contributed by atoms with Crippen LogP contribution < -0.4 is 4.90 Å². The average Bonchev–Trinajstić information content (AvgIpc) is 3.41. The van der Waals surface area contributed by atoms with Gasteiger partial charge in [0.25, 0.3) is 0 Å². The highest BCUT2D eigenvalue weighted by Crippen LogP contribution is 2.42. The molecule has 0 aliphatic rings. The molecule has 0 saturated carbocycles. The largest absolute Gasteiger partial charge is 0.455 e. The molecule has 0 unspecified atom stereocenters. The SMILES string of the molecule is c1ccc(-c2ccc(N(c3ccc4c(c3)oc3c5ccccc5ccc43)c3cccc4ccccc34)cc2)cc1. The lowest BCUT2D eigenvalue weighted by atomic mass is 10.0. The van der Waals surface area contributed by atoms with Gasteiger partial charge in [-0.05, 0) is 58.3 Å². The first kappa shape index (κ1) is 22.6. The summed E-state index contributed by atoms with van der Waals surface area (Å²) in [4.78, 5) is 2.34. The van der Waals surface area contributed by atoms with E-state index < -0.39 is 0 Å². The molecular weight excluding hydrogens is 486 g/mol. The maximum Gasteiger partial charge on any atom is 0.143 e. The summed E-state index contributed by atoms with van der Waals surface area (Å²) in [6, 6.07) is 53.7. The minimum absolute atomic E-state index is 0.884. The molecule has 1 heterocycles. The first-order valence-electron chi connectivity index (χ1n) is 13.6. The molecule has 188 valence electrons. The van der Waals surface area contributed by atoms with Gasteiger partial charge in [0.1, 0.15) is 11.2 Å². The van der Waals surface area contributed by atoms with Crippen LogP contribution in [0.5, 0.6) is 0 Å². The molecule has 8 rings (SSSR count). The normalized spacial score (nSPS) is 11.5. The molecule has 0 aliphatic carbocycles. The van der Waals surface area contributed by atoms with Crippen LogP contribution in [0, 0.1) is 0 Å². The van der Waals surface area contributed by atoms with Crippen LogP contribution in [0.1, 0.15) is 0 Å². The molecule has 0 N–H and O–H groups in total. The smallest absolute Gasteiger partial charge is 0.143 e. The fraction of sp³-hybridized carbons (Fsp3) is 0. The van der Waals surface area contributed by atoms with Crippen LogP contribution in [0.2, 0.25) is 0 Å². The third kappa shape index (κ3) is 3.65. The molecule has 2 nitrogen and oxygen atoms in total. The Morgan fingerprint density at radius 1 is 0.400 bits per heavy atom. The van der Waals surface area contributed by atoms with Crippen LogP contribution in [0.4, 0.5) is 17.1 Å². The number of nitrogens with zero attached hydrogens (tertiary/aromatic N) is 1. The number of furan rings is 1. The Kier molecular flexibility index (Phi) is 5.17. The van der Waals surface area contributed by atoms with Gasteiger partial charge in [-0.25, -0.2) is 0 Å². The van der Waals surface area contributed by atoms with E-state index in [0.29, 0.717) is 0 Å². The zero-order valence-electron chi connectivity index (χ0n) is 21.8. The Bertz CT molecular complexity index is 2150. The van der Waals surface area contributed by atoms with Gasteiger partial charge in [-0.1, -0.05) is 109 Å². The topological polar surface area (TPSA) is 16.4 Å². The van der Waals surface area contributed by atoms with Gasteiger partial charge in [-0.3, -0.25) is 0 Å². The summed E-state index contributed by atoms with van der Waals surface area (Å²) >= 11 is 0. The van der Waals surface area contributed by atoms with Crippen molar-refractivity contribution in [2.45, 2.75) is 0 Å². The quantitative estimate of drug-likeness (QED) is 0.234. The Labute approximate surface area is 232 Å². The fourth-order valence-corrected chi connectivity index (χ4v) is 5.90. The van der Waals surface area contributed by atoms with Crippen LogP contribution in [0.15, 0.2) is 156 Å². The molecule has 8 aromatic rings. The van der Waals surface area contributed by atoms with Gasteiger partial charge in [0, 0.05) is 39.0 Å². The molecule has 0 atom stereocenters. The molecule has 0 amide bonds. The van der Waals surface area contributed by atoms with Crippen LogP contribution in [-0.2, 0) is 0 Å². The lowest BCUT2D eigenvalue weighted by molar-refractivity contribution is 0.673. The van der Waals surface area contributed by atoms with Gasteiger partial charge >= 0.3 is 0 Å². The maximum atomic E-state index is 6.57. The van der Waals surface area contributed by atoms with Gasteiger partial charge in [-0.15, -0.1) is 0 Å². The average molecular weight is 512 g/mol. The second-order valence-corrected chi connectivity index (χ2v) is 10.2. The second-order valence-electron chi connectivity index (χ2n) is 10.2. The highest BCUT2D eigenvalue weighted by atomic mass is 16.3. The van der Waals surface area contributed by atoms with Crippen molar-refractivity contribution in [1.82, 2.24) is 0 Å². The monoisotopic (exact) mass is 511 g/mol. The molecule has 1 aromatic heterocycles. The summed E-state index contributed by atoms with van der Waals surface area (Å²) in [5.41, 5.74) is 7.51. The lowest BCUT2D eigenvalue weighted by Gasteiger charge is -2.27. The molecular formula is C38H25NO. The van der Waals surface area contributed by atoms with Crippen LogP contribution in [0.3, 0.4) is 0 Å². The summed E-state index contributed by atoms with van der Waals surface area (Å²) in [7, 11) is 0. The van der Waals surface area contributed by atoms with Crippen molar-refractivity contribution in [3.8, 4) is 11.1 Å².